The number of nitro groups is 1. The Balaban J connectivity index is 1.85. The summed E-state index contributed by atoms with van der Waals surface area (Å²) in [6, 6.07) is 10.3. The molecule has 0 saturated carbocycles. The first-order valence-corrected chi connectivity index (χ1v) is 7.92. The van der Waals surface area contributed by atoms with Crippen molar-refractivity contribution in [3.05, 3.63) is 73.8 Å². The Bertz CT molecular complexity index is 886. The topological polar surface area (TPSA) is 114 Å². The highest BCUT2D eigenvalue weighted by molar-refractivity contribution is 6.33. The van der Waals surface area contributed by atoms with Crippen LogP contribution in [-0.4, -0.2) is 29.5 Å². The Morgan fingerprint density at radius 3 is 2.62 bits per heavy atom. The molecule has 134 valence electrons. The van der Waals surface area contributed by atoms with Crippen LogP contribution in [0.1, 0.15) is 15.9 Å². The highest BCUT2D eigenvalue weighted by Gasteiger charge is 2.11. The lowest BCUT2D eigenvalue weighted by Gasteiger charge is -2.04. The second-order valence-corrected chi connectivity index (χ2v) is 5.80. The molecule has 0 aliphatic rings. The quantitative estimate of drug-likeness (QED) is 0.445. The van der Waals surface area contributed by atoms with Gasteiger partial charge in [0.15, 0.2) is 0 Å². The molecule has 0 atom stereocenters. The number of carbonyl (C=O) groups excluding carboxylic acids is 2. The van der Waals surface area contributed by atoms with Crippen LogP contribution in [0, 0.1) is 10.1 Å². The van der Waals surface area contributed by atoms with Crippen molar-refractivity contribution in [2.45, 2.75) is 0 Å². The smallest absolute Gasteiger partial charge is 0.287 e. The number of halogens is 2. The van der Waals surface area contributed by atoms with Crippen molar-refractivity contribution in [3.63, 3.8) is 0 Å². The predicted molar refractivity (Wildman–Crippen MR) is 97.6 cm³/mol. The minimum Gasteiger partial charge on any atom is -0.343 e. The summed E-state index contributed by atoms with van der Waals surface area (Å²) in [5.74, 6) is -1.00. The van der Waals surface area contributed by atoms with Crippen molar-refractivity contribution < 1.29 is 14.5 Å². The maximum Gasteiger partial charge on any atom is 0.287 e. The lowest BCUT2D eigenvalue weighted by atomic mass is 10.2. The van der Waals surface area contributed by atoms with Crippen molar-refractivity contribution in [1.29, 1.82) is 0 Å². The fraction of sp³-hybridized carbons (Fsp3) is 0.0625. The van der Waals surface area contributed by atoms with Gasteiger partial charge in [0.05, 0.1) is 17.7 Å². The summed E-state index contributed by atoms with van der Waals surface area (Å²) in [4.78, 5) is 33.6. The number of nitro benzene ring substituents is 1. The van der Waals surface area contributed by atoms with Gasteiger partial charge in [0.2, 0.25) is 0 Å². The summed E-state index contributed by atoms with van der Waals surface area (Å²) >= 11 is 11.6. The molecule has 2 amide bonds. The van der Waals surface area contributed by atoms with Gasteiger partial charge in [-0.3, -0.25) is 19.7 Å². The van der Waals surface area contributed by atoms with Gasteiger partial charge in [-0.25, -0.2) is 5.43 Å². The van der Waals surface area contributed by atoms with E-state index in [2.05, 4.69) is 15.8 Å². The van der Waals surface area contributed by atoms with E-state index >= 15 is 0 Å². The van der Waals surface area contributed by atoms with E-state index in [1.807, 2.05) is 0 Å². The van der Waals surface area contributed by atoms with Crippen LogP contribution in [0.25, 0.3) is 0 Å². The highest BCUT2D eigenvalue weighted by Crippen LogP contribution is 2.24. The largest absolute Gasteiger partial charge is 0.343 e. The zero-order chi connectivity index (χ0) is 19.1. The molecule has 2 N–H and O–H groups in total. The van der Waals surface area contributed by atoms with Gasteiger partial charge in [-0.2, -0.15) is 5.10 Å². The third kappa shape index (κ3) is 5.54. The van der Waals surface area contributed by atoms with Gasteiger partial charge >= 0.3 is 0 Å². The molecule has 2 aromatic rings. The number of carbonyl (C=O) groups is 2. The van der Waals surface area contributed by atoms with Crippen molar-refractivity contribution in [2.75, 3.05) is 6.54 Å². The van der Waals surface area contributed by atoms with Crippen molar-refractivity contribution in [2.24, 2.45) is 5.10 Å². The SMILES string of the molecule is O=C(CNC(=O)c1cccc(Cl)c1)NN=Cc1ccc([N+](=O)[O-])c(Cl)c1. The van der Waals surface area contributed by atoms with Crippen molar-refractivity contribution in [1.82, 2.24) is 10.7 Å². The third-order valence-electron chi connectivity index (χ3n) is 3.07. The minimum absolute atomic E-state index is 0.0425. The van der Waals surface area contributed by atoms with Crippen LogP contribution in [-0.2, 0) is 4.79 Å². The summed E-state index contributed by atoms with van der Waals surface area (Å²) in [7, 11) is 0. The highest BCUT2D eigenvalue weighted by atomic mass is 35.5. The number of rotatable bonds is 6. The first-order chi connectivity index (χ1) is 12.4. The molecular weight excluding hydrogens is 383 g/mol. The van der Waals surface area contributed by atoms with E-state index in [4.69, 9.17) is 23.2 Å². The first kappa shape index (κ1) is 19.4. The predicted octanol–water partition coefficient (Wildman–Crippen LogP) is 2.78. The lowest BCUT2D eigenvalue weighted by molar-refractivity contribution is -0.384. The molecule has 0 bridgehead atoms. The average Bonchev–Trinajstić information content (AvgIpc) is 2.59. The van der Waals surface area contributed by atoms with Crippen LogP contribution in [0.3, 0.4) is 0 Å². The normalized spacial score (nSPS) is 10.5. The standard InChI is InChI=1S/C16H12Cl2N4O4/c17-12-3-1-2-11(7-12)16(24)19-9-15(23)21-20-8-10-4-5-14(22(25)26)13(18)6-10/h1-8H,9H2,(H,19,24)(H,21,23). The fourth-order valence-corrected chi connectivity index (χ4v) is 2.31. The number of benzene rings is 2. The van der Waals surface area contributed by atoms with Gasteiger partial charge in [0, 0.05) is 16.7 Å². The van der Waals surface area contributed by atoms with Crippen LogP contribution in [0.2, 0.25) is 10.0 Å². The Morgan fingerprint density at radius 2 is 1.96 bits per heavy atom. The number of hydrogen-bond donors (Lipinski definition) is 2. The van der Waals surface area contributed by atoms with E-state index in [1.165, 1.54) is 30.5 Å². The maximum atomic E-state index is 11.9. The van der Waals surface area contributed by atoms with Crippen molar-refractivity contribution >= 4 is 46.9 Å². The van der Waals surface area contributed by atoms with Gasteiger partial charge in [-0.1, -0.05) is 29.3 Å². The molecular formula is C16H12Cl2N4O4. The van der Waals surface area contributed by atoms with E-state index < -0.39 is 16.7 Å². The summed E-state index contributed by atoms with van der Waals surface area (Å²) in [5.41, 5.74) is 2.78. The number of hydrazone groups is 1. The Hall–Kier alpha value is -2.97. The fourth-order valence-electron chi connectivity index (χ4n) is 1.86. The molecule has 0 fully saturated rings. The molecule has 2 rings (SSSR count). The zero-order valence-corrected chi connectivity index (χ0v) is 14.6. The summed E-state index contributed by atoms with van der Waals surface area (Å²) in [5, 5.41) is 17.2. The number of nitrogens with one attached hydrogen (secondary N) is 2. The van der Waals surface area contributed by atoms with E-state index in [-0.39, 0.29) is 17.3 Å². The van der Waals surface area contributed by atoms with E-state index in [0.29, 0.717) is 16.1 Å². The average molecular weight is 395 g/mol. The van der Waals surface area contributed by atoms with Gasteiger partial charge in [0.25, 0.3) is 17.5 Å². The summed E-state index contributed by atoms with van der Waals surface area (Å²) < 4.78 is 0. The Labute approximate surface area is 157 Å². The molecule has 0 unspecified atom stereocenters. The van der Waals surface area contributed by atoms with Gasteiger partial charge in [-0.05, 0) is 35.9 Å². The summed E-state index contributed by atoms with van der Waals surface area (Å²) in [6.45, 7) is -0.288. The molecule has 0 aromatic heterocycles. The molecule has 2 aromatic carbocycles. The molecule has 8 nitrogen and oxygen atoms in total. The second kappa shape index (κ2) is 8.93. The third-order valence-corrected chi connectivity index (χ3v) is 3.61. The Morgan fingerprint density at radius 1 is 1.19 bits per heavy atom. The van der Waals surface area contributed by atoms with Gasteiger partial charge < -0.3 is 5.32 Å². The van der Waals surface area contributed by atoms with Crippen LogP contribution in [0.4, 0.5) is 5.69 Å². The van der Waals surface area contributed by atoms with Crippen LogP contribution < -0.4 is 10.7 Å². The van der Waals surface area contributed by atoms with Crippen molar-refractivity contribution in [3.8, 4) is 0 Å². The Kier molecular flexibility index (Phi) is 6.65. The van der Waals surface area contributed by atoms with Crippen LogP contribution >= 0.6 is 23.2 Å². The number of amides is 2. The second-order valence-electron chi connectivity index (χ2n) is 4.95. The lowest BCUT2D eigenvalue weighted by Crippen LogP contribution is -2.34. The van der Waals surface area contributed by atoms with Crippen LogP contribution in [0.5, 0.6) is 0 Å². The molecule has 0 heterocycles. The molecule has 10 heteroatoms. The van der Waals surface area contributed by atoms with Gasteiger partial charge in [-0.15, -0.1) is 0 Å². The first-order valence-electron chi connectivity index (χ1n) is 7.16. The van der Waals surface area contributed by atoms with E-state index in [9.17, 15) is 19.7 Å². The minimum atomic E-state index is -0.604. The molecule has 26 heavy (non-hydrogen) atoms. The van der Waals surface area contributed by atoms with Gasteiger partial charge in [0.1, 0.15) is 5.02 Å². The molecule has 0 aliphatic carbocycles. The molecule has 0 radical (unpaired) electrons. The zero-order valence-electron chi connectivity index (χ0n) is 13.1. The molecule has 0 saturated heterocycles. The van der Waals surface area contributed by atoms with Crippen LogP contribution in [0.15, 0.2) is 47.6 Å². The van der Waals surface area contributed by atoms with E-state index in [1.54, 1.807) is 18.2 Å². The number of hydrogen-bond acceptors (Lipinski definition) is 5. The molecule has 0 spiro atoms. The number of nitrogens with zero attached hydrogens (tertiary/aromatic N) is 2. The molecule has 0 aliphatic heterocycles. The van der Waals surface area contributed by atoms with E-state index in [0.717, 1.165) is 0 Å². The monoisotopic (exact) mass is 394 g/mol. The maximum absolute atomic E-state index is 11.9. The summed E-state index contributed by atoms with van der Waals surface area (Å²) in [6.07, 6.45) is 1.27.